The molecule has 3 aromatic rings. The van der Waals surface area contributed by atoms with E-state index in [4.69, 9.17) is 9.47 Å². The van der Waals surface area contributed by atoms with Crippen molar-refractivity contribution in [2.45, 2.75) is 31.7 Å². The molecule has 9 nitrogen and oxygen atoms in total. The number of allylic oxidation sites excluding steroid dienone is 2. The number of thiazole rings is 1. The highest BCUT2D eigenvalue weighted by Crippen LogP contribution is 2.54. The first-order valence-electron chi connectivity index (χ1n) is 11.0. The third-order valence-electron chi connectivity index (χ3n) is 6.45. The molecule has 5 rings (SSSR count). The van der Waals surface area contributed by atoms with Crippen LogP contribution in [-0.2, 0) is 21.5 Å². The number of aliphatic carboxylic acids is 1. The van der Waals surface area contributed by atoms with E-state index in [1.165, 1.54) is 29.8 Å². The van der Waals surface area contributed by atoms with Crippen LogP contribution < -0.4 is 18.5 Å². The van der Waals surface area contributed by atoms with Gasteiger partial charge in [-0.25, -0.2) is 17.7 Å². The number of methoxy groups -OCH3 is 1. The van der Waals surface area contributed by atoms with E-state index >= 15 is 0 Å². The van der Waals surface area contributed by atoms with Crippen molar-refractivity contribution in [1.29, 1.82) is 0 Å². The Kier molecular flexibility index (Phi) is 6.50. The lowest BCUT2D eigenvalue weighted by atomic mass is 10.1. The molecule has 2 unspecified atom stereocenters. The van der Waals surface area contributed by atoms with Crippen molar-refractivity contribution in [3.63, 3.8) is 0 Å². The molecule has 1 spiro atoms. The second kappa shape index (κ2) is 9.23. The van der Waals surface area contributed by atoms with Crippen LogP contribution in [0.4, 0.5) is 5.69 Å². The van der Waals surface area contributed by atoms with Gasteiger partial charge in [-0.15, -0.1) is 0 Å². The lowest BCUT2D eigenvalue weighted by molar-refractivity contribution is -0.655. The van der Waals surface area contributed by atoms with Gasteiger partial charge in [0.25, 0.3) is 9.84 Å². The van der Waals surface area contributed by atoms with Crippen LogP contribution in [0, 0.1) is 0 Å². The number of rotatable bonds is 7. The Hall–Kier alpha value is -2.29. The monoisotopic (exact) mass is 613 g/mol. The van der Waals surface area contributed by atoms with Gasteiger partial charge in [0, 0.05) is 18.2 Å². The van der Waals surface area contributed by atoms with E-state index in [1.54, 1.807) is 28.8 Å². The van der Waals surface area contributed by atoms with Gasteiger partial charge in [-0.3, -0.25) is 0 Å². The molecule has 2 aromatic heterocycles. The second-order valence-corrected chi connectivity index (χ2v) is 13.5. The summed E-state index contributed by atoms with van der Waals surface area (Å²) in [7, 11) is -3.10. The van der Waals surface area contributed by atoms with E-state index in [-0.39, 0.29) is 17.4 Å². The van der Waals surface area contributed by atoms with E-state index in [2.05, 4.69) is 15.9 Å². The third-order valence-corrected chi connectivity index (χ3v) is 10.6. The molecule has 0 amide bonds. The minimum Gasteiger partial charge on any atom is -0.743 e. The fraction of sp³-hybridized carbons (Fsp3) is 0.304. The maximum absolute atomic E-state index is 12.2. The number of carboxylic acids is 1. The molecule has 1 N–H and O–H groups in total. The molecule has 2 aliphatic heterocycles. The molecular weight excluding hydrogens is 592 g/mol. The van der Waals surface area contributed by atoms with Crippen molar-refractivity contribution in [2.24, 2.45) is 0 Å². The van der Waals surface area contributed by atoms with Crippen LogP contribution in [0.15, 0.2) is 45.6 Å². The molecule has 1 aromatic carbocycles. The maximum atomic E-state index is 12.2. The Morgan fingerprint density at radius 1 is 1.39 bits per heavy atom. The van der Waals surface area contributed by atoms with Crippen LogP contribution in [0.3, 0.4) is 0 Å². The van der Waals surface area contributed by atoms with E-state index in [0.717, 1.165) is 23.9 Å². The zero-order valence-electron chi connectivity index (χ0n) is 19.3. The van der Waals surface area contributed by atoms with Crippen LogP contribution in [0.25, 0.3) is 15.6 Å². The normalized spacial score (nSPS) is 22.6. The standard InChI is InChI=1S/C23H21BrN2O7S3/c1-3-13(8-19-25(12-22(27)28)23-17(34-19)11-18(24)35-23)9-20-26(7-6-21(26)36(29,30)31)15-10-14(32-2)4-5-16(15)33-20/h4-5,8-11,21H,3,6-7,12H2,1-2H3/p+1. The summed E-state index contributed by atoms with van der Waals surface area (Å²) in [6, 6.07) is 7.11. The molecule has 0 bridgehead atoms. The highest BCUT2D eigenvalue weighted by atomic mass is 79.9. The number of quaternary nitrogens is 1. The van der Waals surface area contributed by atoms with Gasteiger partial charge in [0.15, 0.2) is 26.9 Å². The molecule has 0 aliphatic carbocycles. The summed E-state index contributed by atoms with van der Waals surface area (Å²) in [5.41, 5.74) is 1.39. The minimum atomic E-state index is -4.62. The van der Waals surface area contributed by atoms with Crippen LogP contribution in [0.2, 0.25) is 0 Å². The van der Waals surface area contributed by atoms with Crippen molar-refractivity contribution in [3.05, 3.63) is 50.6 Å². The van der Waals surface area contributed by atoms with Crippen molar-refractivity contribution in [3.8, 4) is 11.5 Å². The Labute approximate surface area is 224 Å². The van der Waals surface area contributed by atoms with Gasteiger partial charge in [-0.05, 0) is 46.1 Å². The highest BCUT2D eigenvalue weighted by Gasteiger charge is 2.61. The summed E-state index contributed by atoms with van der Waals surface area (Å²) in [4.78, 5) is 12.4. The summed E-state index contributed by atoms with van der Waals surface area (Å²) in [6.45, 7) is 2.16. The summed E-state index contributed by atoms with van der Waals surface area (Å²) in [5, 5.41) is 9.03. The molecule has 0 radical (unpaired) electrons. The number of benzene rings is 1. The van der Waals surface area contributed by atoms with Gasteiger partial charge in [-0.1, -0.05) is 29.6 Å². The molecule has 2 aliphatic rings. The van der Waals surface area contributed by atoms with Crippen molar-refractivity contribution in [2.75, 3.05) is 13.7 Å². The van der Waals surface area contributed by atoms with Crippen LogP contribution >= 0.6 is 38.6 Å². The SMILES string of the molecule is CCC(=Cc1sc2cc(Br)sc2[n+]1CC(=O)O)C=C1Oc2ccc(OC)cc2[N+]12CCC2S(=O)(=O)[O-]. The predicted molar refractivity (Wildman–Crippen MR) is 140 cm³/mol. The number of aromatic nitrogens is 1. The summed E-state index contributed by atoms with van der Waals surface area (Å²) in [5.74, 6) is 0.421. The number of fused-ring (bicyclic) bond motifs is 3. The lowest BCUT2D eigenvalue weighted by Gasteiger charge is -2.47. The van der Waals surface area contributed by atoms with Crippen molar-refractivity contribution in [1.82, 2.24) is 4.48 Å². The average molecular weight is 615 g/mol. The van der Waals surface area contributed by atoms with Gasteiger partial charge >= 0.3 is 11.9 Å². The van der Waals surface area contributed by atoms with Gasteiger partial charge in [0.2, 0.25) is 6.54 Å². The van der Waals surface area contributed by atoms with Crippen molar-refractivity contribution < 1.29 is 36.9 Å². The average Bonchev–Trinajstić information content (AvgIpc) is 3.40. The molecule has 4 heterocycles. The van der Waals surface area contributed by atoms with Gasteiger partial charge in [0.05, 0.1) is 23.9 Å². The molecule has 36 heavy (non-hydrogen) atoms. The number of nitrogens with zero attached hydrogens (tertiary/aromatic N) is 2. The predicted octanol–water partition coefficient (Wildman–Crippen LogP) is 4.42. The molecule has 190 valence electrons. The van der Waals surface area contributed by atoms with Crippen LogP contribution in [0.5, 0.6) is 11.5 Å². The number of carboxylic acid groups (broad SMARTS) is 1. The molecule has 2 atom stereocenters. The van der Waals surface area contributed by atoms with Crippen molar-refractivity contribution >= 4 is 76.0 Å². The molecular formula is C23H22BrN2O7S3+. The maximum Gasteiger partial charge on any atom is 0.370 e. The first-order chi connectivity index (χ1) is 17.1. The zero-order chi connectivity index (χ0) is 25.8. The number of hydrogen-bond acceptors (Lipinski definition) is 8. The zero-order valence-corrected chi connectivity index (χ0v) is 23.3. The van der Waals surface area contributed by atoms with Crippen LogP contribution in [0.1, 0.15) is 24.8 Å². The van der Waals surface area contributed by atoms with Gasteiger partial charge in [-0.2, -0.15) is 4.57 Å². The fourth-order valence-electron chi connectivity index (χ4n) is 4.69. The molecule has 1 fully saturated rings. The minimum absolute atomic E-state index is 0.190. The Balaban J connectivity index is 1.64. The fourth-order valence-corrected chi connectivity index (χ4v) is 8.94. The summed E-state index contributed by atoms with van der Waals surface area (Å²) in [6.07, 6.45) is 4.47. The largest absolute Gasteiger partial charge is 0.743 e. The Morgan fingerprint density at radius 3 is 2.78 bits per heavy atom. The quantitative estimate of drug-likeness (QED) is 0.238. The lowest BCUT2D eigenvalue weighted by Crippen LogP contribution is -2.67. The smallest absolute Gasteiger partial charge is 0.370 e. The Bertz CT molecular complexity index is 1560. The van der Waals surface area contributed by atoms with E-state index in [9.17, 15) is 22.9 Å². The number of hydrogen-bond donors (Lipinski definition) is 1. The first kappa shape index (κ1) is 25.4. The van der Waals surface area contributed by atoms with E-state index < -0.39 is 21.5 Å². The summed E-state index contributed by atoms with van der Waals surface area (Å²) < 4.78 is 51.5. The van der Waals surface area contributed by atoms with E-state index in [1.807, 2.05) is 19.1 Å². The third kappa shape index (κ3) is 4.17. The van der Waals surface area contributed by atoms with Crippen LogP contribution in [-0.4, -0.2) is 43.1 Å². The molecule has 13 heteroatoms. The Morgan fingerprint density at radius 2 is 2.17 bits per heavy atom. The second-order valence-electron chi connectivity index (χ2n) is 8.46. The molecule has 0 saturated carbocycles. The van der Waals surface area contributed by atoms with E-state index in [0.29, 0.717) is 36.0 Å². The molecule has 1 saturated heterocycles. The number of thiophene rings is 1. The van der Waals surface area contributed by atoms with Gasteiger partial charge in [0.1, 0.15) is 10.4 Å². The number of halogens is 1. The summed E-state index contributed by atoms with van der Waals surface area (Å²) >= 11 is 6.39. The number of carbonyl (C=O) groups is 1. The van der Waals surface area contributed by atoms with Gasteiger partial charge < -0.3 is 19.1 Å². The highest BCUT2D eigenvalue weighted by molar-refractivity contribution is 9.11. The topological polar surface area (TPSA) is 117 Å². The first-order valence-corrected chi connectivity index (χ1v) is 14.9. The number of ether oxygens (including phenoxy) is 2.